The van der Waals surface area contributed by atoms with E-state index in [9.17, 15) is 9.18 Å². The lowest BCUT2D eigenvalue weighted by Crippen LogP contribution is -2.25. The molecule has 9 heteroatoms. The van der Waals surface area contributed by atoms with Gasteiger partial charge in [-0.1, -0.05) is 24.3 Å². The Morgan fingerprint density at radius 1 is 1.19 bits per heavy atom. The Labute approximate surface area is 154 Å². The molecule has 0 unspecified atom stereocenters. The highest BCUT2D eigenvalue weighted by Gasteiger charge is 2.24. The van der Waals surface area contributed by atoms with Gasteiger partial charge in [0.1, 0.15) is 5.82 Å². The van der Waals surface area contributed by atoms with Crippen LogP contribution in [-0.4, -0.2) is 35.7 Å². The number of rotatable bonds is 7. The van der Waals surface area contributed by atoms with E-state index in [0.29, 0.717) is 17.1 Å². The summed E-state index contributed by atoms with van der Waals surface area (Å²) >= 11 is 0. The van der Waals surface area contributed by atoms with Crippen molar-refractivity contribution in [1.82, 2.24) is 20.6 Å². The zero-order valence-electron chi connectivity index (χ0n) is 14.7. The predicted molar refractivity (Wildman–Crippen MR) is 94.2 cm³/mol. The minimum absolute atomic E-state index is 0.0672. The molecule has 0 saturated carbocycles. The fourth-order valence-corrected chi connectivity index (χ4v) is 2.71. The van der Waals surface area contributed by atoms with E-state index in [1.807, 2.05) is 0 Å². The van der Waals surface area contributed by atoms with Gasteiger partial charge >= 0.3 is 0 Å². The first-order chi connectivity index (χ1) is 13.1. The van der Waals surface area contributed by atoms with Crippen LogP contribution in [0.2, 0.25) is 0 Å². The van der Waals surface area contributed by atoms with Crippen LogP contribution in [0.25, 0.3) is 0 Å². The van der Waals surface area contributed by atoms with Gasteiger partial charge in [0, 0.05) is 5.82 Å². The van der Waals surface area contributed by atoms with Crippen molar-refractivity contribution in [1.29, 1.82) is 0 Å². The molecule has 1 heterocycles. The van der Waals surface area contributed by atoms with Crippen LogP contribution in [0.1, 0.15) is 17.3 Å². The Hall–Kier alpha value is -3.49. The van der Waals surface area contributed by atoms with Crippen LogP contribution >= 0.6 is 0 Å². The number of tetrazole rings is 1. The van der Waals surface area contributed by atoms with E-state index in [-0.39, 0.29) is 17.9 Å². The van der Waals surface area contributed by atoms with Crippen molar-refractivity contribution < 1.29 is 18.7 Å². The molecule has 0 aliphatic heterocycles. The van der Waals surface area contributed by atoms with E-state index < -0.39 is 17.6 Å². The molecule has 0 saturated heterocycles. The number of amides is 1. The average molecular weight is 370 g/mol. The van der Waals surface area contributed by atoms with Crippen molar-refractivity contribution in [3.63, 3.8) is 0 Å². The van der Waals surface area contributed by atoms with Crippen molar-refractivity contribution in [2.24, 2.45) is 0 Å². The number of hydrogen-bond acceptors (Lipinski definition) is 6. The fraction of sp³-hybridized carbons (Fsp3) is 0.222. The van der Waals surface area contributed by atoms with Crippen molar-refractivity contribution in [3.05, 3.63) is 59.7 Å². The first-order valence-corrected chi connectivity index (χ1v) is 8.08. The highest BCUT2D eigenvalue weighted by Crippen LogP contribution is 2.34. The smallest absolute Gasteiger partial charge is 0.232 e. The van der Waals surface area contributed by atoms with Crippen LogP contribution in [0.5, 0.6) is 11.5 Å². The second-order valence-corrected chi connectivity index (χ2v) is 5.62. The van der Waals surface area contributed by atoms with Crippen LogP contribution < -0.4 is 19.9 Å². The Bertz CT molecular complexity index is 917. The number of nitrogens with zero attached hydrogens (tertiary/aromatic N) is 4. The van der Waals surface area contributed by atoms with Gasteiger partial charge in [-0.05, 0) is 30.2 Å². The van der Waals surface area contributed by atoms with E-state index in [0.717, 1.165) is 0 Å². The molecule has 0 aliphatic rings. The van der Waals surface area contributed by atoms with Crippen LogP contribution in [0.4, 0.5) is 10.1 Å². The van der Waals surface area contributed by atoms with Gasteiger partial charge in [-0.25, -0.2) is 4.39 Å². The van der Waals surface area contributed by atoms with E-state index in [2.05, 4.69) is 25.9 Å². The van der Waals surface area contributed by atoms with Gasteiger partial charge in [0.2, 0.25) is 5.91 Å². The summed E-state index contributed by atoms with van der Waals surface area (Å²) in [7, 11) is 3.04. The lowest BCUT2D eigenvalue weighted by molar-refractivity contribution is -0.117. The number of carbonyl (C=O) groups excluding carboxylic acids is 1. The molecular weight excluding hydrogens is 353 g/mol. The maximum atomic E-state index is 13.9. The van der Waals surface area contributed by atoms with Crippen molar-refractivity contribution in [2.75, 3.05) is 19.5 Å². The number of halogens is 1. The fourth-order valence-electron chi connectivity index (χ4n) is 2.71. The summed E-state index contributed by atoms with van der Waals surface area (Å²) in [6.45, 7) is 0. The Kier molecular flexibility index (Phi) is 5.60. The van der Waals surface area contributed by atoms with Gasteiger partial charge < -0.3 is 19.9 Å². The molecule has 3 rings (SSSR count). The van der Waals surface area contributed by atoms with Crippen LogP contribution in [0, 0.1) is 5.82 Å². The molecular formula is C18H17FN5O3-. The highest BCUT2D eigenvalue weighted by molar-refractivity contribution is 5.95. The van der Waals surface area contributed by atoms with E-state index in [4.69, 9.17) is 9.47 Å². The first-order valence-electron chi connectivity index (χ1n) is 8.08. The quantitative estimate of drug-likeness (QED) is 0.678. The zero-order chi connectivity index (χ0) is 19.2. The minimum Gasteiger partial charge on any atom is -0.493 e. The third kappa shape index (κ3) is 4.02. The van der Waals surface area contributed by atoms with Gasteiger partial charge in [-0.2, -0.15) is 5.21 Å². The van der Waals surface area contributed by atoms with Crippen molar-refractivity contribution in [2.45, 2.75) is 12.3 Å². The van der Waals surface area contributed by atoms with E-state index in [1.165, 1.54) is 32.4 Å². The second kappa shape index (κ2) is 8.26. The largest absolute Gasteiger partial charge is 0.493 e. The molecule has 0 spiro atoms. The standard InChI is InChI=1S/C18H18FN5O3/c1-26-15-9-5-6-11(16(15)27-2)10-12(17-21-23-24-22-17)18(25)20-14-8-4-3-7-13(14)19/h3-9,12H,10H2,1-2H3,(H2,20,21,22,23,24,25)/p-1/t12-/m0/s1. The molecule has 1 N–H and O–H groups in total. The first kappa shape index (κ1) is 18.3. The number of hydrogen-bond donors (Lipinski definition) is 1. The molecule has 8 nitrogen and oxygen atoms in total. The summed E-state index contributed by atoms with van der Waals surface area (Å²) < 4.78 is 24.6. The van der Waals surface area contributed by atoms with Gasteiger partial charge in [0.15, 0.2) is 11.5 Å². The number of carbonyl (C=O) groups is 1. The summed E-state index contributed by atoms with van der Waals surface area (Å²) in [6, 6.07) is 11.2. The average Bonchev–Trinajstić information content (AvgIpc) is 3.21. The topological polar surface area (TPSA) is 100 Å². The number of para-hydroxylation sites is 2. The molecule has 0 aliphatic carbocycles. The van der Waals surface area contributed by atoms with Crippen molar-refractivity contribution in [3.8, 4) is 11.5 Å². The number of aromatic nitrogens is 4. The third-order valence-corrected chi connectivity index (χ3v) is 4.00. The van der Waals surface area contributed by atoms with Crippen LogP contribution in [0.15, 0.2) is 42.5 Å². The summed E-state index contributed by atoms with van der Waals surface area (Å²) in [6.07, 6.45) is 0.189. The molecule has 2 aromatic carbocycles. The van der Waals surface area contributed by atoms with E-state index in [1.54, 1.807) is 24.3 Å². The number of methoxy groups -OCH3 is 2. The van der Waals surface area contributed by atoms with Gasteiger partial charge in [-0.3, -0.25) is 15.1 Å². The summed E-state index contributed by atoms with van der Waals surface area (Å²) in [4.78, 5) is 12.8. The summed E-state index contributed by atoms with van der Waals surface area (Å²) in [5, 5.41) is 17.1. The Balaban J connectivity index is 1.92. The molecule has 1 atom stereocenters. The molecule has 140 valence electrons. The highest BCUT2D eigenvalue weighted by atomic mass is 19.1. The maximum absolute atomic E-state index is 13.9. The Morgan fingerprint density at radius 3 is 2.67 bits per heavy atom. The lowest BCUT2D eigenvalue weighted by Gasteiger charge is -2.19. The van der Waals surface area contributed by atoms with Crippen LogP contribution in [-0.2, 0) is 11.2 Å². The van der Waals surface area contributed by atoms with Gasteiger partial charge in [0.05, 0.1) is 25.8 Å². The molecule has 0 bridgehead atoms. The predicted octanol–water partition coefficient (Wildman–Crippen LogP) is 1.95. The van der Waals surface area contributed by atoms with Crippen LogP contribution in [0.3, 0.4) is 0 Å². The maximum Gasteiger partial charge on any atom is 0.232 e. The lowest BCUT2D eigenvalue weighted by atomic mass is 9.96. The number of benzene rings is 2. The third-order valence-electron chi connectivity index (χ3n) is 4.00. The van der Waals surface area contributed by atoms with Crippen molar-refractivity contribution >= 4 is 11.6 Å². The normalized spacial score (nSPS) is 11.7. The monoisotopic (exact) mass is 370 g/mol. The second-order valence-electron chi connectivity index (χ2n) is 5.62. The molecule has 1 amide bonds. The minimum atomic E-state index is -0.847. The summed E-state index contributed by atoms with van der Waals surface area (Å²) in [5.41, 5.74) is 0.771. The molecule has 27 heavy (non-hydrogen) atoms. The molecule has 0 fully saturated rings. The summed E-state index contributed by atoms with van der Waals surface area (Å²) in [5.74, 6) is -0.712. The van der Waals surface area contributed by atoms with Gasteiger partial charge in [-0.15, -0.1) is 0 Å². The number of anilines is 1. The number of nitrogens with one attached hydrogen (secondary N) is 1. The van der Waals surface area contributed by atoms with E-state index >= 15 is 0 Å². The molecule has 1 aromatic heterocycles. The van der Waals surface area contributed by atoms with Gasteiger partial charge in [0.25, 0.3) is 0 Å². The molecule has 3 aromatic rings. The Morgan fingerprint density at radius 2 is 2.00 bits per heavy atom. The zero-order valence-corrected chi connectivity index (χ0v) is 14.7. The number of ether oxygens (including phenoxy) is 2. The molecule has 0 radical (unpaired) electrons. The SMILES string of the molecule is COc1cccc(C[C@H](C(=O)Nc2ccccc2F)c2nnn[n-]2)c1OC.